The molecule has 3 rings (SSSR count). The molecule has 0 unspecified atom stereocenters. The van der Waals surface area contributed by atoms with Crippen molar-refractivity contribution >= 4 is 23.2 Å². The maximum atomic E-state index is 14.2. The Morgan fingerprint density at radius 1 is 1.20 bits per heavy atom. The van der Waals surface area contributed by atoms with E-state index in [4.69, 9.17) is 11.6 Å². The number of amides is 1. The fraction of sp³-hybridized carbons (Fsp3) is 0.200. The minimum Gasteiger partial charge on any atom is -0.310 e. The number of nitrogens with zero attached hydrogens (tertiary/aromatic N) is 2. The summed E-state index contributed by atoms with van der Waals surface area (Å²) in [4.78, 5) is 17.1. The first kappa shape index (κ1) is 13.1. The van der Waals surface area contributed by atoms with Crippen molar-refractivity contribution < 1.29 is 9.18 Å². The Labute approximate surface area is 121 Å². The van der Waals surface area contributed by atoms with Gasteiger partial charge in [0.2, 0.25) is 5.91 Å². The summed E-state index contributed by atoms with van der Waals surface area (Å²) in [5, 5.41) is 0.397. The van der Waals surface area contributed by atoms with Crippen molar-refractivity contribution in [3.8, 4) is 11.1 Å². The molecule has 1 aromatic carbocycles. The van der Waals surface area contributed by atoms with E-state index in [1.165, 1.54) is 11.0 Å². The molecule has 2 aromatic rings. The number of benzene rings is 1. The van der Waals surface area contributed by atoms with Crippen molar-refractivity contribution in [3.05, 3.63) is 47.5 Å². The van der Waals surface area contributed by atoms with Crippen molar-refractivity contribution in [1.82, 2.24) is 4.98 Å². The predicted octanol–water partition coefficient (Wildman–Crippen LogP) is 3.67. The van der Waals surface area contributed by atoms with Crippen LogP contribution in [0.2, 0.25) is 5.15 Å². The number of carbonyl (C=O) groups excluding carboxylic acids is 1. The quantitative estimate of drug-likeness (QED) is 0.791. The van der Waals surface area contributed by atoms with Gasteiger partial charge in [-0.05, 0) is 36.2 Å². The molecule has 102 valence electrons. The van der Waals surface area contributed by atoms with Crippen LogP contribution in [-0.4, -0.2) is 17.4 Å². The highest BCUT2D eigenvalue weighted by atomic mass is 35.5. The smallest absolute Gasteiger partial charge is 0.227 e. The molecule has 0 spiro atoms. The van der Waals surface area contributed by atoms with Crippen LogP contribution in [0.25, 0.3) is 11.1 Å². The summed E-state index contributed by atoms with van der Waals surface area (Å²) in [6.07, 6.45) is 2.86. The number of hydrogen-bond donors (Lipinski definition) is 0. The maximum Gasteiger partial charge on any atom is 0.227 e. The van der Waals surface area contributed by atoms with E-state index < -0.39 is 5.82 Å². The van der Waals surface area contributed by atoms with Gasteiger partial charge in [0.25, 0.3) is 0 Å². The molecular weight excluding hydrogens is 279 g/mol. The number of hydrogen-bond acceptors (Lipinski definition) is 2. The van der Waals surface area contributed by atoms with E-state index in [-0.39, 0.29) is 5.91 Å². The summed E-state index contributed by atoms with van der Waals surface area (Å²) in [6, 6.07) is 8.29. The monoisotopic (exact) mass is 290 g/mol. The number of anilines is 1. The molecule has 5 heteroatoms. The van der Waals surface area contributed by atoms with Crippen LogP contribution < -0.4 is 4.90 Å². The molecule has 1 aliphatic rings. The normalized spacial score (nSPS) is 14.9. The van der Waals surface area contributed by atoms with Gasteiger partial charge in [-0.25, -0.2) is 9.37 Å². The molecule has 20 heavy (non-hydrogen) atoms. The van der Waals surface area contributed by atoms with E-state index in [1.54, 1.807) is 30.5 Å². The first-order chi connectivity index (χ1) is 9.65. The van der Waals surface area contributed by atoms with Gasteiger partial charge in [-0.3, -0.25) is 4.79 Å². The summed E-state index contributed by atoms with van der Waals surface area (Å²) in [5.41, 5.74) is 1.84. The van der Waals surface area contributed by atoms with Gasteiger partial charge < -0.3 is 4.90 Å². The molecule has 0 aliphatic carbocycles. The van der Waals surface area contributed by atoms with Crippen LogP contribution in [0, 0.1) is 5.82 Å². The molecule has 0 radical (unpaired) electrons. The molecule has 3 nitrogen and oxygen atoms in total. The maximum absolute atomic E-state index is 14.2. The molecule has 1 amide bonds. The third kappa shape index (κ3) is 2.39. The van der Waals surface area contributed by atoms with E-state index in [0.29, 0.717) is 29.4 Å². The second-order valence-electron chi connectivity index (χ2n) is 4.68. The van der Waals surface area contributed by atoms with Crippen LogP contribution >= 0.6 is 11.6 Å². The van der Waals surface area contributed by atoms with Crippen molar-refractivity contribution in [3.63, 3.8) is 0 Å². The van der Waals surface area contributed by atoms with E-state index >= 15 is 0 Å². The third-order valence-electron chi connectivity index (χ3n) is 3.37. The molecule has 0 N–H and O–H groups in total. The topological polar surface area (TPSA) is 33.2 Å². The molecule has 0 saturated carbocycles. The highest BCUT2D eigenvalue weighted by Crippen LogP contribution is 2.29. The molecule has 1 fully saturated rings. The first-order valence-electron chi connectivity index (χ1n) is 6.37. The molecule has 2 heterocycles. The van der Waals surface area contributed by atoms with E-state index in [9.17, 15) is 9.18 Å². The summed E-state index contributed by atoms with van der Waals surface area (Å²) in [6.45, 7) is 0.581. The minimum absolute atomic E-state index is 0.0233. The van der Waals surface area contributed by atoms with Gasteiger partial charge in [-0.1, -0.05) is 17.7 Å². The van der Waals surface area contributed by atoms with Gasteiger partial charge in [-0.15, -0.1) is 0 Å². The fourth-order valence-corrected chi connectivity index (χ4v) is 2.47. The van der Waals surface area contributed by atoms with Gasteiger partial charge in [-0.2, -0.15) is 0 Å². The highest BCUT2D eigenvalue weighted by Gasteiger charge is 2.24. The molecule has 1 saturated heterocycles. The standard InChI is InChI=1S/C15H12ClFN2O/c16-14-6-4-11(9-18-14)10-3-5-13(12(17)8-10)19-7-1-2-15(19)20/h3-6,8-9H,1-2,7H2. The number of carbonyl (C=O) groups is 1. The Hall–Kier alpha value is -1.94. The number of halogens is 2. The van der Waals surface area contributed by atoms with Gasteiger partial charge in [0.1, 0.15) is 11.0 Å². The van der Waals surface area contributed by atoms with Crippen LogP contribution in [0.3, 0.4) is 0 Å². The van der Waals surface area contributed by atoms with Crippen molar-refractivity contribution in [1.29, 1.82) is 0 Å². The van der Waals surface area contributed by atoms with Crippen LogP contribution in [0.15, 0.2) is 36.5 Å². The van der Waals surface area contributed by atoms with Crippen LogP contribution in [-0.2, 0) is 4.79 Å². The van der Waals surface area contributed by atoms with Gasteiger partial charge in [0.05, 0.1) is 5.69 Å². The zero-order chi connectivity index (χ0) is 14.1. The van der Waals surface area contributed by atoms with Crippen molar-refractivity contribution in [2.45, 2.75) is 12.8 Å². The Balaban J connectivity index is 1.95. The molecule has 0 bridgehead atoms. The van der Waals surface area contributed by atoms with Crippen LogP contribution in [0.4, 0.5) is 10.1 Å². The molecular formula is C15H12ClFN2O. The zero-order valence-corrected chi connectivity index (χ0v) is 11.4. The zero-order valence-electron chi connectivity index (χ0n) is 10.6. The third-order valence-corrected chi connectivity index (χ3v) is 3.60. The second-order valence-corrected chi connectivity index (χ2v) is 5.07. The van der Waals surface area contributed by atoms with Crippen LogP contribution in [0.5, 0.6) is 0 Å². The van der Waals surface area contributed by atoms with Gasteiger partial charge in [0, 0.05) is 24.7 Å². The number of rotatable bonds is 2. The van der Waals surface area contributed by atoms with Gasteiger partial charge >= 0.3 is 0 Å². The van der Waals surface area contributed by atoms with E-state index in [0.717, 1.165) is 12.0 Å². The first-order valence-corrected chi connectivity index (χ1v) is 6.75. The molecule has 1 aliphatic heterocycles. The summed E-state index contributed by atoms with van der Waals surface area (Å²) in [5.74, 6) is -0.419. The lowest BCUT2D eigenvalue weighted by Crippen LogP contribution is -2.24. The number of aromatic nitrogens is 1. The van der Waals surface area contributed by atoms with E-state index in [2.05, 4.69) is 4.98 Å². The Bertz CT molecular complexity index is 657. The Morgan fingerprint density at radius 2 is 2.00 bits per heavy atom. The highest BCUT2D eigenvalue weighted by molar-refractivity contribution is 6.29. The lowest BCUT2D eigenvalue weighted by molar-refractivity contribution is -0.117. The minimum atomic E-state index is -0.396. The SMILES string of the molecule is O=C1CCCN1c1ccc(-c2ccc(Cl)nc2)cc1F. The second kappa shape index (κ2) is 5.21. The van der Waals surface area contributed by atoms with Crippen LogP contribution in [0.1, 0.15) is 12.8 Å². The van der Waals surface area contributed by atoms with E-state index in [1.807, 2.05) is 0 Å². The number of pyridine rings is 1. The Morgan fingerprint density at radius 3 is 2.60 bits per heavy atom. The van der Waals surface area contributed by atoms with Crippen molar-refractivity contribution in [2.75, 3.05) is 11.4 Å². The average molecular weight is 291 g/mol. The Kier molecular flexibility index (Phi) is 3.40. The largest absolute Gasteiger partial charge is 0.310 e. The lowest BCUT2D eigenvalue weighted by Gasteiger charge is -2.17. The summed E-state index contributed by atoms with van der Waals surface area (Å²) >= 11 is 5.73. The predicted molar refractivity (Wildman–Crippen MR) is 76.2 cm³/mol. The summed E-state index contributed by atoms with van der Waals surface area (Å²) in [7, 11) is 0. The molecule has 1 aromatic heterocycles. The molecule has 0 atom stereocenters. The lowest BCUT2D eigenvalue weighted by atomic mass is 10.1. The summed E-state index contributed by atoms with van der Waals surface area (Å²) < 4.78 is 14.2. The fourth-order valence-electron chi connectivity index (χ4n) is 2.35. The van der Waals surface area contributed by atoms with Gasteiger partial charge in [0.15, 0.2) is 0 Å². The van der Waals surface area contributed by atoms with Crippen molar-refractivity contribution in [2.24, 2.45) is 0 Å². The average Bonchev–Trinajstić information content (AvgIpc) is 2.86.